The molecule has 57 heavy (non-hydrogen) atoms. The Labute approximate surface area is 343 Å². The van der Waals surface area contributed by atoms with Crippen molar-refractivity contribution in [1.29, 1.82) is 0 Å². The summed E-state index contributed by atoms with van der Waals surface area (Å²) < 4.78 is 29.4. The smallest absolute Gasteiger partial charge is 0.410 e. The molecule has 1 N–H and O–H groups in total. The Morgan fingerprint density at radius 1 is 1.02 bits per heavy atom. The maximum Gasteiger partial charge on any atom is 0.410 e. The molecule has 12 heteroatoms. The predicted molar refractivity (Wildman–Crippen MR) is 219 cm³/mol. The topological polar surface area (TPSA) is 124 Å². The van der Waals surface area contributed by atoms with Gasteiger partial charge in [-0.3, -0.25) is 4.79 Å². The molecule has 0 radical (unpaired) electrons. The van der Waals surface area contributed by atoms with Crippen LogP contribution in [0.4, 0.5) is 10.5 Å². The van der Waals surface area contributed by atoms with E-state index in [1.54, 1.807) is 50.9 Å². The molecule has 1 amide bonds. The summed E-state index contributed by atoms with van der Waals surface area (Å²) in [5.74, 6) is 0.137. The molecule has 6 atom stereocenters. The second-order valence-electron chi connectivity index (χ2n) is 18.9. The molecule has 0 bridgehead atoms. The van der Waals surface area contributed by atoms with Gasteiger partial charge >= 0.3 is 18.0 Å². The van der Waals surface area contributed by atoms with Gasteiger partial charge in [-0.25, -0.2) is 9.59 Å². The Morgan fingerprint density at radius 3 is 2.46 bits per heavy atom. The fourth-order valence-corrected chi connectivity index (χ4v) is 9.48. The van der Waals surface area contributed by atoms with E-state index < -0.39 is 35.2 Å². The number of fused-ring (bicyclic) bond motifs is 3. The van der Waals surface area contributed by atoms with Crippen LogP contribution in [0, 0.1) is 17.8 Å². The lowest BCUT2D eigenvalue weighted by atomic mass is 9.67. The van der Waals surface area contributed by atoms with Gasteiger partial charge in [0.25, 0.3) is 0 Å². The van der Waals surface area contributed by atoms with E-state index in [0.29, 0.717) is 49.8 Å². The highest BCUT2D eigenvalue weighted by molar-refractivity contribution is 6.30. The van der Waals surface area contributed by atoms with Crippen LogP contribution in [0.2, 0.25) is 5.02 Å². The molecule has 314 valence electrons. The molecule has 2 aliphatic carbocycles. The molecule has 2 fully saturated rings. The summed E-state index contributed by atoms with van der Waals surface area (Å²) in [6.45, 7) is 14.0. The number of methoxy groups -OCH3 is 1. The van der Waals surface area contributed by atoms with Crippen molar-refractivity contribution in [3.05, 3.63) is 58.1 Å². The summed E-state index contributed by atoms with van der Waals surface area (Å²) in [6.07, 6.45) is 7.02. The minimum absolute atomic E-state index is 0.119. The number of ether oxygens (including phenoxy) is 5. The highest BCUT2D eigenvalue weighted by atomic mass is 35.5. The molecule has 4 aliphatic rings. The van der Waals surface area contributed by atoms with E-state index in [9.17, 15) is 19.5 Å². The number of nitrogens with zero attached hydrogens (tertiary/aromatic N) is 2. The van der Waals surface area contributed by atoms with Gasteiger partial charge < -0.3 is 38.6 Å². The second-order valence-corrected chi connectivity index (χ2v) is 19.3. The van der Waals surface area contributed by atoms with Gasteiger partial charge in [0.05, 0.1) is 31.9 Å². The van der Waals surface area contributed by atoms with Gasteiger partial charge in [0, 0.05) is 43.7 Å². The third-order valence-corrected chi connectivity index (χ3v) is 12.5. The fourth-order valence-electron chi connectivity index (χ4n) is 9.28. The van der Waals surface area contributed by atoms with E-state index in [0.717, 1.165) is 68.6 Å². The normalized spacial score (nSPS) is 25.8. The standard InChI is InChI=1S/C45H63ClN2O9/c1-42(2,3)56-39(49)25-45(52,40(50)53-8)32-12-16-37-36(24-32)48(27-44(28-55-37)19-9-10-30-23-33(46)13-15-35(30)44)26-31-11-14-34(31)38-22-29(18-21-54-38)17-20-47(7)41(51)57-43(4,5)6/h12-13,15-16,23-24,29,31,34,38,52H,9-11,14,17-22,25-28H2,1-8H3/t29-,31+,34-,38+,44+,45+/m1/s1. The summed E-state index contributed by atoms with van der Waals surface area (Å²) in [6, 6.07) is 11.4. The van der Waals surface area contributed by atoms with E-state index in [-0.39, 0.29) is 23.2 Å². The summed E-state index contributed by atoms with van der Waals surface area (Å²) in [4.78, 5) is 43.1. The lowest BCUT2D eigenvalue weighted by Crippen LogP contribution is -2.50. The minimum Gasteiger partial charge on any atom is -0.490 e. The number of carbonyl (C=O) groups is 3. The number of benzene rings is 2. The van der Waals surface area contributed by atoms with Crippen LogP contribution in [0.5, 0.6) is 5.75 Å². The van der Waals surface area contributed by atoms with Crippen LogP contribution in [0.25, 0.3) is 0 Å². The molecular formula is C45H63ClN2O9. The highest BCUT2D eigenvalue weighted by Gasteiger charge is 2.47. The lowest BCUT2D eigenvalue weighted by Gasteiger charge is -2.48. The summed E-state index contributed by atoms with van der Waals surface area (Å²) >= 11 is 6.50. The molecule has 2 aromatic carbocycles. The van der Waals surface area contributed by atoms with Crippen molar-refractivity contribution in [2.24, 2.45) is 17.8 Å². The minimum atomic E-state index is -2.28. The van der Waals surface area contributed by atoms with E-state index >= 15 is 0 Å². The Hall–Kier alpha value is -3.54. The average molecular weight is 811 g/mol. The van der Waals surface area contributed by atoms with E-state index in [1.807, 2.05) is 26.8 Å². The van der Waals surface area contributed by atoms with E-state index in [1.165, 1.54) is 18.2 Å². The number of anilines is 1. The molecule has 0 unspecified atom stereocenters. The van der Waals surface area contributed by atoms with E-state index in [4.69, 9.17) is 35.3 Å². The second kappa shape index (κ2) is 17.0. The Bertz CT molecular complexity index is 1790. The zero-order chi connectivity index (χ0) is 41.3. The van der Waals surface area contributed by atoms with Crippen molar-refractivity contribution >= 4 is 35.3 Å². The fraction of sp³-hybridized carbons (Fsp3) is 0.667. The zero-order valence-corrected chi connectivity index (χ0v) is 35.9. The Kier molecular flexibility index (Phi) is 12.8. The molecule has 6 rings (SSSR count). The largest absolute Gasteiger partial charge is 0.490 e. The van der Waals surface area contributed by atoms with Gasteiger partial charge in [0.1, 0.15) is 17.0 Å². The first kappa shape index (κ1) is 43.0. The summed E-state index contributed by atoms with van der Waals surface area (Å²) in [5, 5.41) is 12.7. The van der Waals surface area contributed by atoms with Crippen LogP contribution < -0.4 is 9.64 Å². The van der Waals surface area contributed by atoms with Crippen LogP contribution in [0.15, 0.2) is 36.4 Å². The molecule has 2 aliphatic heterocycles. The first-order valence-corrected chi connectivity index (χ1v) is 21.1. The van der Waals surface area contributed by atoms with Gasteiger partial charge in [-0.15, -0.1) is 0 Å². The number of amides is 1. The SMILES string of the molecule is COC(=O)[C@](O)(CC(=O)OC(C)(C)C)c1ccc2c(c1)N(C[C@@H]1CC[C@H]1[C@@H]1C[C@H](CCN(C)C(=O)OC(C)(C)C)CCO1)C[C@@]1(CCCc3cc(Cl)ccc31)CO2. The van der Waals surface area contributed by atoms with Crippen molar-refractivity contribution in [3.8, 4) is 5.75 Å². The number of hydrogen-bond acceptors (Lipinski definition) is 10. The third kappa shape index (κ3) is 10.0. The summed E-state index contributed by atoms with van der Waals surface area (Å²) in [5.41, 5.74) is -0.468. The molecule has 2 heterocycles. The zero-order valence-electron chi connectivity index (χ0n) is 35.2. The number of aryl methyl sites for hydroxylation is 1. The number of hydrogen-bond donors (Lipinski definition) is 1. The van der Waals surface area contributed by atoms with Crippen LogP contribution in [0.3, 0.4) is 0 Å². The van der Waals surface area contributed by atoms with Crippen LogP contribution in [0.1, 0.15) is 110 Å². The molecule has 0 aromatic heterocycles. The van der Waals surface area contributed by atoms with Crippen molar-refractivity contribution in [1.82, 2.24) is 4.90 Å². The summed E-state index contributed by atoms with van der Waals surface area (Å²) in [7, 11) is 3.00. The molecule has 2 aromatic rings. The van der Waals surface area contributed by atoms with Crippen molar-refractivity contribution in [3.63, 3.8) is 0 Å². The monoisotopic (exact) mass is 810 g/mol. The van der Waals surface area contributed by atoms with Gasteiger partial charge in [0.15, 0.2) is 5.60 Å². The quantitative estimate of drug-likeness (QED) is 0.187. The van der Waals surface area contributed by atoms with Gasteiger partial charge in [-0.2, -0.15) is 0 Å². The Morgan fingerprint density at radius 2 is 1.77 bits per heavy atom. The molecular weight excluding hydrogens is 748 g/mol. The number of rotatable bonds is 10. The van der Waals surface area contributed by atoms with Crippen molar-refractivity contribution in [2.45, 2.75) is 128 Å². The van der Waals surface area contributed by atoms with Crippen LogP contribution in [-0.4, -0.2) is 92.3 Å². The molecule has 1 saturated heterocycles. The van der Waals surface area contributed by atoms with Crippen molar-refractivity contribution in [2.75, 3.05) is 51.9 Å². The maximum absolute atomic E-state index is 13.3. The van der Waals surface area contributed by atoms with Gasteiger partial charge in [-0.1, -0.05) is 23.7 Å². The highest BCUT2D eigenvalue weighted by Crippen LogP contribution is 2.48. The van der Waals surface area contributed by atoms with Gasteiger partial charge in [-0.05, 0) is 152 Å². The number of aliphatic hydroxyl groups is 1. The predicted octanol–water partition coefficient (Wildman–Crippen LogP) is 7.98. The number of halogens is 1. The lowest BCUT2D eigenvalue weighted by molar-refractivity contribution is -0.175. The first-order chi connectivity index (χ1) is 26.8. The van der Waals surface area contributed by atoms with Crippen molar-refractivity contribution < 1.29 is 43.2 Å². The molecule has 11 nitrogen and oxygen atoms in total. The molecule has 1 spiro atoms. The Balaban J connectivity index is 1.27. The third-order valence-electron chi connectivity index (χ3n) is 12.3. The van der Waals surface area contributed by atoms with E-state index in [2.05, 4.69) is 17.0 Å². The molecule has 1 saturated carbocycles. The maximum atomic E-state index is 13.3. The van der Waals surface area contributed by atoms with Crippen LogP contribution >= 0.6 is 11.6 Å². The number of esters is 2. The van der Waals surface area contributed by atoms with Crippen LogP contribution in [-0.2, 0) is 46.0 Å². The number of carbonyl (C=O) groups excluding carboxylic acids is 3. The average Bonchev–Trinajstić information content (AvgIpc) is 3.27. The van der Waals surface area contributed by atoms with Gasteiger partial charge in [0.2, 0.25) is 0 Å². The first-order valence-electron chi connectivity index (χ1n) is 20.7.